The summed E-state index contributed by atoms with van der Waals surface area (Å²) in [4.78, 5) is 23.8. The second-order valence-electron chi connectivity index (χ2n) is 12.3. The van der Waals surface area contributed by atoms with Gasteiger partial charge in [-0.25, -0.2) is 0 Å². The fourth-order valence-corrected chi connectivity index (χ4v) is 7.08. The summed E-state index contributed by atoms with van der Waals surface area (Å²) in [7, 11) is 1.45. The van der Waals surface area contributed by atoms with E-state index in [4.69, 9.17) is 14.6 Å². The molecule has 2 saturated heterocycles. The van der Waals surface area contributed by atoms with Crippen LogP contribution in [-0.2, 0) is 23.4 Å². The Kier molecular flexibility index (Phi) is 8.62. The van der Waals surface area contributed by atoms with E-state index < -0.39 is 29.2 Å². The summed E-state index contributed by atoms with van der Waals surface area (Å²) in [6, 6.07) is 17.0. The second kappa shape index (κ2) is 12.5. The first-order valence-electron chi connectivity index (χ1n) is 15.3. The molecule has 2 bridgehead atoms. The largest absolute Gasteiger partial charge is 0.493 e. The summed E-state index contributed by atoms with van der Waals surface area (Å²) in [6.07, 6.45) is -2.17. The van der Waals surface area contributed by atoms with Gasteiger partial charge in [-0.3, -0.25) is 19.8 Å². The van der Waals surface area contributed by atoms with Crippen LogP contribution in [0.4, 0.5) is 18.9 Å². The number of hydrogen-bond donors (Lipinski definition) is 2. The number of fused-ring (bicyclic) bond motifs is 3. The molecule has 0 amide bonds. The minimum Gasteiger partial charge on any atom is -0.493 e. The Morgan fingerprint density at radius 1 is 1.00 bits per heavy atom. The molecule has 2 fully saturated rings. The zero-order valence-corrected chi connectivity index (χ0v) is 25.5. The summed E-state index contributed by atoms with van der Waals surface area (Å²) < 4.78 is 58.4. The van der Waals surface area contributed by atoms with Gasteiger partial charge in [0, 0.05) is 54.5 Å². The first kappa shape index (κ1) is 32.3. The summed E-state index contributed by atoms with van der Waals surface area (Å²) in [5.74, 6) is -0.186. The van der Waals surface area contributed by atoms with E-state index in [1.54, 1.807) is 35.2 Å². The molecule has 0 radical (unpaired) electrons. The van der Waals surface area contributed by atoms with Crippen molar-refractivity contribution >= 4 is 22.6 Å². The number of aromatic nitrogens is 1. The van der Waals surface area contributed by atoms with E-state index in [2.05, 4.69) is 0 Å². The second-order valence-corrected chi connectivity index (χ2v) is 12.3. The van der Waals surface area contributed by atoms with Crippen LogP contribution in [0.25, 0.3) is 10.9 Å². The number of halogens is 3. The van der Waals surface area contributed by atoms with Gasteiger partial charge in [0.1, 0.15) is 6.10 Å². The Hall–Kier alpha value is -4.62. The van der Waals surface area contributed by atoms with Crippen molar-refractivity contribution in [2.45, 2.75) is 68.6 Å². The topological polar surface area (TPSA) is 127 Å². The number of aliphatic carboxylic acids is 1. The molecule has 2 N–H and O–H groups in total. The number of nitro groups is 1. The zero-order valence-electron chi connectivity index (χ0n) is 25.5. The first-order valence-corrected chi connectivity index (χ1v) is 15.3. The number of non-ortho nitro benzene ring substituents is 1. The van der Waals surface area contributed by atoms with E-state index >= 15 is 13.2 Å². The third-order valence-electron chi connectivity index (χ3n) is 9.32. The van der Waals surface area contributed by atoms with Crippen molar-refractivity contribution in [3.63, 3.8) is 0 Å². The number of aliphatic hydroxyl groups is 1. The molecule has 3 heterocycles. The molecule has 4 aromatic rings. The van der Waals surface area contributed by atoms with Crippen molar-refractivity contribution in [3.05, 3.63) is 99.7 Å². The van der Waals surface area contributed by atoms with Gasteiger partial charge in [-0.1, -0.05) is 36.4 Å². The van der Waals surface area contributed by atoms with Gasteiger partial charge in [-0.2, -0.15) is 13.2 Å². The Bertz CT molecular complexity index is 1780. The molecule has 13 heteroatoms. The van der Waals surface area contributed by atoms with Crippen molar-refractivity contribution in [2.75, 3.05) is 13.7 Å². The van der Waals surface area contributed by atoms with Crippen molar-refractivity contribution in [2.24, 2.45) is 0 Å². The Morgan fingerprint density at radius 2 is 1.70 bits per heavy atom. The molecule has 1 aromatic heterocycles. The number of carbonyl (C=O) groups is 1. The summed E-state index contributed by atoms with van der Waals surface area (Å²) in [6.45, 7) is -0.547. The highest BCUT2D eigenvalue weighted by molar-refractivity contribution is 5.87. The third-order valence-corrected chi connectivity index (χ3v) is 9.32. The van der Waals surface area contributed by atoms with Crippen LogP contribution < -0.4 is 9.47 Å². The Morgan fingerprint density at radius 3 is 2.32 bits per heavy atom. The van der Waals surface area contributed by atoms with E-state index in [0.29, 0.717) is 42.7 Å². The molecule has 6 rings (SSSR count). The normalized spacial score (nSPS) is 21.0. The summed E-state index contributed by atoms with van der Waals surface area (Å²) in [5, 5.41) is 32.5. The van der Waals surface area contributed by atoms with Crippen LogP contribution >= 0.6 is 0 Å². The lowest BCUT2D eigenvalue weighted by Crippen LogP contribution is -2.56. The van der Waals surface area contributed by atoms with Crippen LogP contribution in [0.5, 0.6) is 11.5 Å². The highest BCUT2D eigenvalue weighted by atomic mass is 19.4. The lowest BCUT2D eigenvalue weighted by atomic mass is 9.89. The zero-order chi connectivity index (χ0) is 33.5. The first-order chi connectivity index (χ1) is 22.4. The quantitative estimate of drug-likeness (QED) is 0.148. The Labute approximate surface area is 268 Å². The number of nitrogens with zero attached hydrogens (tertiary/aromatic N) is 3. The third kappa shape index (κ3) is 6.37. The summed E-state index contributed by atoms with van der Waals surface area (Å²) in [5.41, 5.74) is -2.33. The molecular formula is C34H34F3N3O7. The van der Waals surface area contributed by atoms with Gasteiger partial charge in [0.05, 0.1) is 24.0 Å². The maximum atomic E-state index is 15.1. The number of carboxylic acids is 1. The molecule has 47 heavy (non-hydrogen) atoms. The van der Waals surface area contributed by atoms with E-state index in [9.17, 15) is 20.0 Å². The molecule has 2 aliphatic heterocycles. The van der Waals surface area contributed by atoms with Crippen molar-refractivity contribution in [1.82, 2.24) is 9.47 Å². The predicted octanol–water partition coefficient (Wildman–Crippen LogP) is 6.06. The molecule has 10 nitrogen and oxygen atoms in total. The van der Waals surface area contributed by atoms with Gasteiger partial charge in [0.15, 0.2) is 11.5 Å². The number of ether oxygens (including phenoxy) is 2. The highest BCUT2D eigenvalue weighted by Gasteiger charge is 2.59. The summed E-state index contributed by atoms with van der Waals surface area (Å²) >= 11 is 0. The van der Waals surface area contributed by atoms with Gasteiger partial charge in [-0.15, -0.1) is 0 Å². The lowest BCUT2D eigenvalue weighted by molar-refractivity contribution is -0.384. The molecule has 0 spiro atoms. The molecule has 248 valence electrons. The van der Waals surface area contributed by atoms with Crippen LogP contribution in [0.3, 0.4) is 0 Å². The van der Waals surface area contributed by atoms with E-state index in [1.807, 2.05) is 18.2 Å². The van der Waals surface area contributed by atoms with Gasteiger partial charge in [0.25, 0.3) is 5.69 Å². The number of hydrogen-bond acceptors (Lipinski definition) is 7. The fraction of sp³-hybridized carbons (Fsp3) is 0.382. The fourth-order valence-electron chi connectivity index (χ4n) is 7.08. The van der Waals surface area contributed by atoms with Crippen LogP contribution in [0, 0.1) is 10.1 Å². The molecular weight excluding hydrogens is 619 g/mol. The maximum Gasteiger partial charge on any atom is 0.422 e. The minimum absolute atomic E-state index is 0.0929. The predicted molar refractivity (Wildman–Crippen MR) is 166 cm³/mol. The van der Waals surface area contributed by atoms with Crippen LogP contribution in [-0.4, -0.2) is 68.6 Å². The van der Waals surface area contributed by atoms with Gasteiger partial charge in [0.2, 0.25) is 5.60 Å². The number of methoxy groups -OCH3 is 1. The maximum absolute atomic E-state index is 15.1. The minimum atomic E-state index is -5.06. The molecule has 4 atom stereocenters. The van der Waals surface area contributed by atoms with Gasteiger partial charge < -0.3 is 24.3 Å². The average Bonchev–Trinajstić information content (AvgIpc) is 3.49. The van der Waals surface area contributed by atoms with Crippen molar-refractivity contribution < 1.29 is 42.6 Å². The van der Waals surface area contributed by atoms with E-state index in [-0.39, 0.29) is 53.3 Å². The van der Waals surface area contributed by atoms with Crippen LogP contribution in [0.1, 0.15) is 42.4 Å². The smallest absolute Gasteiger partial charge is 0.422 e. The van der Waals surface area contributed by atoms with Crippen molar-refractivity contribution in [3.8, 4) is 11.5 Å². The molecule has 0 aliphatic carbocycles. The van der Waals surface area contributed by atoms with Gasteiger partial charge >= 0.3 is 12.1 Å². The number of rotatable bonds is 11. The Balaban J connectivity index is 1.29. The standard InChI is InChI=1S/C34H34F3N3O7/c1-46-31-13-22(14-32(41)42)7-12-30(31)47-26-15-23-8-9-24(16-26)39(23)20-33(43,34(35,36)37)28-19-38(18-21-5-3-2-4-6-21)29-17-25(40(44)45)10-11-27(28)29/h2-7,10-13,17,19,23-24,26,43H,8-9,14-16,18,20H2,1H3,(H,41,42)/t23-,24+,26?,33?. The van der Waals surface area contributed by atoms with Crippen LogP contribution in [0.2, 0.25) is 0 Å². The van der Waals surface area contributed by atoms with E-state index in [1.165, 1.54) is 30.0 Å². The number of nitro benzene ring substituents is 1. The number of alkyl halides is 3. The SMILES string of the molecule is COc1cc(CC(=O)O)ccc1OC1C[C@H]2CC[C@@H](C1)N2CC(O)(c1cn(Cc2ccccc2)c2cc([N+](=O)[O-])ccc12)C(F)(F)F. The van der Waals surface area contributed by atoms with E-state index in [0.717, 1.165) is 11.6 Å². The lowest BCUT2D eigenvalue weighted by Gasteiger charge is -2.43. The monoisotopic (exact) mass is 653 g/mol. The molecule has 2 unspecified atom stereocenters. The number of carboxylic acid groups (broad SMARTS) is 1. The number of piperidine rings is 1. The molecule has 0 saturated carbocycles. The molecule has 3 aromatic carbocycles. The average molecular weight is 654 g/mol. The molecule has 2 aliphatic rings. The van der Waals surface area contributed by atoms with Crippen LogP contribution in [0.15, 0.2) is 72.9 Å². The van der Waals surface area contributed by atoms with Crippen molar-refractivity contribution in [1.29, 1.82) is 0 Å². The number of benzene rings is 3. The highest BCUT2D eigenvalue weighted by Crippen LogP contribution is 2.47. The van der Waals surface area contributed by atoms with Gasteiger partial charge in [-0.05, 0) is 55.0 Å².